The van der Waals surface area contributed by atoms with Crippen molar-refractivity contribution in [1.82, 2.24) is 9.13 Å². The van der Waals surface area contributed by atoms with Gasteiger partial charge in [0, 0.05) is 0 Å². The molecule has 2 nitrogen and oxygen atoms in total. The van der Waals surface area contributed by atoms with Crippen molar-refractivity contribution in [2.75, 3.05) is 26.2 Å². The van der Waals surface area contributed by atoms with Gasteiger partial charge in [-0.3, -0.25) is 0 Å². The van der Waals surface area contributed by atoms with Crippen LogP contribution in [0.2, 0.25) is 31.7 Å². The van der Waals surface area contributed by atoms with Crippen molar-refractivity contribution in [2.24, 2.45) is 0 Å². The van der Waals surface area contributed by atoms with Crippen molar-refractivity contribution >= 4 is 16.5 Å². The van der Waals surface area contributed by atoms with Crippen LogP contribution in [0.1, 0.15) is 39.5 Å². The van der Waals surface area contributed by atoms with E-state index < -0.39 is 39.7 Å². The molecule has 0 aromatic carbocycles. The molecule has 0 radical (unpaired) electrons. The van der Waals surface area contributed by atoms with Gasteiger partial charge in [-0.25, -0.2) is 0 Å². The van der Waals surface area contributed by atoms with E-state index in [-0.39, 0.29) is 34.0 Å². The zero-order chi connectivity index (χ0) is 20.9. The molecule has 31 heavy (non-hydrogen) atoms. The first-order valence-corrected chi connectivity index (χ1v) is 20.0. The molecule has 2 aliphatic heterocycles. The van der Waals surface area contributed by atoms with E-state index in [2.05, 4.69) is 85.6 Å². The number of hydrogen-bond acceptors (Lipinski definition) is 2. The molecular weight excluding hydrogens is 623 g/mol. The zero-order valence-electron chi connectivity index (χ0n) is 20.3. The third-order valence-electron chi connectivity index (χ3n) is 8.36. The second kappa shape index (κ2) is 10.4. The molecule has 2 saturated heterocycles. The van der Waals surface area contributed by atoms with E-state index in [0.717, 1.165) is 0 Å². The Bertz CT molecular complexity index is 716. The van der Waals surface area contributed by atoms with Gasteiger partial charge in [0.25, 0.3) is 0 Å². The second-order valence-corrected chi connectivity index (χ2v) is 27.1. The maximum absolute atomic E-state index is 2.96. The summed E-state index contributed by atoms with van der Waals surface area (Å²) in [5, 5.41) is 0. The molecule has 0 aromatic rings. The standard InChI is InChI=1S/2C12H20NSi.2BrH.Zr/c2*1-11-6-7-12(10-11)14(2,3)13-8-4-5-9-13;;;/h2*6-7,10H,4-5,8-9H2,1-3H3;2*1H;/q;;;;+2/p-2. The molecule has 4 aliphatic rings. The quantitative estimate of drug-likeness (QED) is 0.373. The molecule has 4 rings (SSSR count). The normalized spacial score (nSPS) is 31.3. The molecule has 2 atom stereocenters. The first kappa shape index (κ1) is 28.4. The van der Waals surface area contributed by atoms with E-state index in [9.17, 15) is 0 Å². The smallest absolute Gasteiger partial charge is 1.00 e. The van der Waals surface area contributed by atoms with Crippen LogP contribution in [0.3, 0.4) is 0 Å². The fourth-order valence-electron chi connectivity index (χ4n) is 6.08. The predicted molar refractivity (Wildman–Crippen MR) is 128 cm³/mol. The Labute approximate surface area is 226 Å². The number of rotatable bonds is 6. The summed E-state index contributed by atoms with van der Waals surface area (Å²) in [5.74, 6) is 0. The third kappa shape index (κ3) is 4.95. The molecule has 2 aliphatic carbocycles. The summed E-state index contributed by atoms with van der Waals surface area (Å²) in [6.45, 7) is 20.8. The Balaban J connectivity index is 0.00000171. The second-order valence-electron chi connectivity index (χ2n) is 10.8. The topological polar surface area (TPSA) is 6.48 Å². The van der Waals surface area contributed by atoms with E-state index in [1.54, 1.807) is 0 Å². The van der Waals surface area contributed by atoms with Gasteiger partial charge in [-0.1, -0.05) is 0 Å². The Kier molecular flexibility index (Phi) is 9.54. The number of nitrogens with zero attached hydrogens (tertiary/aromatic N) is 2. The van der Waals surface area contributed by atoms with E-state index in [1.807, 2.05) is 0 Å². The van der Waals surface area contributed by atoms with Crippen LogP contribution in [-0.4, -0.2) is 51.8 Å². The number of halogens is 2. The number of allylic oxidation sites excluding steroid dienone is 8. The predicted octanol–water partition coefficient (Wildman–Crippen LogP) is 0.107. The summed E-state index contributed by atoms with van der Waals surface area (Å²) in [5.41, 5.74) is 3.04. The maximum atomic E-state index is 2.96. The monoisotopic (exact) mass is 660 g/mol. The van der Waals surface area contributed by atoms with Gasteiger partial charge in [0.1, 0.15) is 0 Å². The molecule has 172 valence electrons. The minimum Gasteiger partial charge on any atom is -1.00 e. The van der Waals surface area contributed by atoms with Gasteiger partial charge in [-0.05, 0) is 0 Å². The molecule has 2 heterocycles. The Morgan fingerprint density at radius 1 is 0.677 bits per heavy atom. The molecule has 0 aromatic heterocycles. The van der Waals surface area contributed by atoms with E-state index >= 15 is 0 Å². The summed E-state index contributed by atoms with van der Waals surface area (Å²) >= 11 is -0.866. The van der Waals surface area contributed by atoms with Crippen LogP contribution in [0, 0.1) is 0 Å². The summed E-state index contributed by atoms with van der Waals surface area (Å²) in [6, 6.07) is 0. The first-order chi connectivity index (χ1) is 13.6. The van der Waals surface area contributed by atoms with E-state index in [1.165, 1.54) is 63.0 Å². The Morgan fingerprint density at radius 3 is 1.26 bits per heavy atom. The van der Waals surface area contributed by atoms with Crippen LogP contribution in [0.15, 0.2) is 47.6 Å². The van der Waals surface area contributed by atoms with Crippen LogP contribution in [0.5, 0.6) is 0 Å². The fraction of sp³-hybridized carbons (Fsp3) is 0.667. The SMILES string of the molecule is CC1=C[C]([Zr+2][C]2([Si](C)(C)N3CCCC3)C=CC(C)=C2)([Si](C)(C)N2CCCC2)C=C1.[Br-].[Br-]. The Hall–Kier alpha value is 1.16. The van der Waals surface area contributed by atoms with Gasteiger partial charge in [0.05, 0.1) is 0 Å². The van der Waals surface area contributed by atoms with Crippen molar-refractivity contribution in [2.45, 2.75) is 71.2 Å². The van der Waals surface area contributed by atoms with Gasteiger partial charge in [-0.2, -0.15) is 0 Å². The van der Waals surface area contributed by atoms with Crippen LogP contribution >= 0.6 is 0 Å². The Morgan fingerprint density at radius 2 is 1.00 bits per heavy atom. The van der Waals surface area contributed by atoms with Crippen LogP contribution in [-0.2, 0) is 23.2 Å². The van der Waals surface area contributed by atoms with Gasteiger partial charge < -0.3 is 34.0 Å². The van der Waals surface area contributed by atoms with Gasteiger partial charge in [0.2, 0.25) is 0 Å². The fourth-order valence-corrected chi connectivity index (χ4v) is 26.8. The molecular formula is C24H40Br2N2Si2Zr. The molecule has 0 amide bonds. The number of hydrogen-bond donors (Lipinski definition) is 0. The average Bonchev–Trinajstić information content (AvgIpc) is 3.44. The minimum absolute atomic E-state index is 0. The minimum atomic E-state index is -1.60. The van der Waals surface area contributed by atoms with Crippen molar-refractivity contribution in [3.05, 3.63) is 47.6 Å². The summed E-state index contributed by atoms with van der Waals surface area (Å²) in [4.78, 5) is 0. The van der Waals surface area contributed by atoms with Crippen LogP contribution in [0.4, 0.5) is 0 Å². The molecule has 0 spiro atoms. The van der Waals surface area contributed by atoms with Crippen molar-refractivity contribution in [3.8, 4) is 0 Å². The van der Waals surface area contributed by atoms with Gasteiger partial charge >= 0.3 is 194 Å². The largest absolute Gasteiger partial charge is 1.00 e. The van der Waals surface area contributed by atoms with Crippen molar-refractivity contribution in [1.29, 1.82) is 0 Å². The van der Waals surface area contributed by atoms with E-state index in [0.29, 0.717) is 5.49 Å². The summed E-state index contributed by atoms with van der Waals surface area (Å²) < 4.78 is 6.72. The molecule has 7 heteroatoms. The third-order valence-corrected chi connectivity index (χ3v) is 31.2. The zero-order valence-corrected chi connectivity index (χ0v) is 27.9. The van der Waals surface area contributed by atoms with Gasteiger partial charge in [0.15, 0.2) is 0 Å². The van der Waals surface area contributed by atoms with Crippen LogP contribution in [0.25, 0.3) is 0 Å². The first-order valence-electron chi connectivity index (χ1n) is 11.7. The van der Waals surface area contributed by atoms with Crippen molar-refractivity contribution < 1.29 is 57.2 Å². The molecule has 0 saturated carbocycles. The van der Waals surface area contributed by atoms with Crippen molar-refractivity contribution in [3.63, 3.8) is 0 Å². The van der Waals surface area contributed by atoms with Crippen LogP contribution < -0.4 is 34.0 Å². The molecule has 0 bridgehead atoms. The summed E-state index contributed by atoms with van der Waals surface area (Å²) in [6.07, 6.45) is 21.5. The summed E-state index contributed by atoms with van der Waals surface area (Å²) in [7, 11) is -3.20. The molecule has 0 N–H and O–H groups in total. The molecule has 2 unspecified atom stereocenters. The molecule has 2 fully saturated rings. The maximum Gasteiger partial charge on any atom is -1.00 e. The van der Waals surface area contributed by atoms with E-state index in [4.69, 9.17) is 0 Å². The average molecular weight is 664 g/mol. The van der Waals surface area contributed by atoms with Gasteiger partial charge in [-0.15, -0.1) is 0 Å².